The van der Waals surface area contributed by atoms with Crippen LogP contribution in [0.1, 0.15) is 5.01 Å². The zero-order valence-electron chi connectivity index (χ0n) is 15.1. The van der Waals surface area contributed by atoms with Crippen LogP contribution in [0.25, 0.3) is 10.2 Å². The van der Waals surface area contributed by atoms with Gasteiger partial charge in [-0.05, 0) is 36.4 Å². The molecule has 1 aliphatic heterocycles. The third kappa shape index (κ3) is 3.84. The third-order valence-electron chi connectivity index (χ3n) is 4.87. The molecule has 1 N–H and O–H groups in total. The van der Waals surface area contributed by atoms with Crippen molar-refractivity contribution >= 4 is 31.6 Å². The molecule has 0 unspecified atom stereocenters. The Bertz CT molecular complexity index is 991. The molecule has 0 atom stereocenters. The third-order valence-corrected chi connectivity index (χ3v) is 7.82. The van der Waals surface area contributed by atoms with Gasteiger partial charge in [0, 0.05) is 0 Å². The van der Waals surface area contributed by atoms with Crippen LogP contribution in [0.4, 0.5) is 0 Å². The molecule has 6 nitrogen and oxygen atoms in total. The van der Waals surface area contributed by atoms with E-state index in [1.54, 1.807) is 47.0 Å². The van der Waals surface area contributed by atoms with Gasteiger partial charge in [0.25, 0.3) is 0 Å². The monoisotopic (exact) mass is 404 g/mol. The molecule has 3 aromatic rings. The minimum atomic E-state index is -3.45. The molecule has 0 saturated carbocycles. The number of hydrogen-bond acceptors (Lipinski definition) is 5. The van der Waals surface area contributed by atoms with Gasteiger partial charge in [0.05, 0.1) is 48.4 Å². The molecule has 1 aliphatic rings. The summed E-state index contributed by atoms with van der Waals surface area (Å²) in [4.78, 5) is 6.38. The summed E-state index contributed by atoms with van der Waals surface area (Å²) in [6.45, 7) is 3.45. The standard InChI is InChI=1S/C19H21N3O3S2/c1-25-15-6-8-16(9-7-15)27(23,24)22-12-10-21(11-13-22)14-19-20-17-4-2-3-5-18(17)26-19/h2-9H,10-14H2,1H3/p+1. The number of benzene rings is 2. The number of nitrogens with one attached hydrogen (secondary N) is 1. The van der Waals surface area contributed by atoms with Crippen molar-refractivity contribution in [1.82, 2.24) is 9.29 Å². The molecule has 8 heteroatoms. The van der Waals surface area contributed by atoms with Crippen molar-refractivity contribution in [2.45, 2.75) is 11.4 Å². The predicted molar refractivity (Wildman–Crippen MR) is 106 cm³/mol. The van der Waals surface area contributed by atoms with Crippen molar-refractivity contribution in [2.24, 2.45) is 0 Å². The Morgan fingerprint density at radius 3 is 2.48 bits per heavy atom. The number of nitrogens with zero attached hydrogens (tertiary/aromatic N) is 2. The van der Waals surface area contributed by atoms with E-state index in [0.29, 0.717) is 23.7 Å². The molecule has 27 heavy (non-hydrogen) atoms. The highest BCUT2D eigenvalue weighted by Gasteiger charge is 2.30. The highest BCUT2D eigenvalue weighted by atomic mass is 32.2. The highest BCUT2D eigenvalue weighted by molar-refractivity contribution is 7.89. The number of fused-ring (bicyclic) bond motifs is 1. The summed E-state index contributed by atoms with van der Waals surface area (Å²) < 4.78 is 33.6. The van der Waals surface area contributed by atoms with E-state index in [4.69, 9.17) is 9.72 Å². The minimum Gasteiger partial charge on any atom is -0.497 e. The minimum absolute atomic E-state index is 0.318. The predicted octanol–water partition coefficient (Wildman–Crippen LogP) is 1.39. The van der Waals surface area contributed by atoms with Gasteiger partial charge >= 0.3 is 0 Å². The van der Waals surface area contributed by atoms with Crippen molar-refractivity contribution in [2.75, 3.05) is 33.3 Å². The largest absolute Gasteiger partial charge is 0.497 e. The van der Waals surface area contributed by atoms with Crippen LogP contribution in [0, 0.1) is 0 Å². The van der Waals surface area contributed by atoms with Gasteiger partial charge in [0.1, 0.15) is 17.3 Å². The maximum atomic E-state index is 12.8. The van der Waals surface area contributed by atoms with Gasteiger partial charge in [0.2, 0.25) is 10.0 Å². The number of sulfonamides is 1. The van der Waals surface area contributed by atoms with E-state index in [1.807, 2.05) is 18.2 Å². The average Bonchev–Trinajstić information content (AvgIpc) is 3.10. The number of piperazine rings is 1. The maximum absolute atomic E-state index is 12.8. The van der Waals surface area contributed by atoms with E-state index in [0.717, 1.165) is 30.2 Å². The molecule has 0 bridgehead atoms. The second kappa shape index (κ2) is 7.55. The summed E-state index contributed by atoms with van der Waals surface area (Å²) >= 11 is 1.72. The molecule has 2 heterocycles. The molecule has 1 aromatic heterocycles. The average molecular weight is 405 g/mol. The normalized spacial score (nSPS) is 16.6. The highest BCUT2D eigenvalue weighted by Crippen LogP contribution is 2.21. The van der Waals surface area contributed by atoms with Crippen molar-refractivity contribution < 1.29 is 18.1 Å². The smallest absolute Gasteiger partial charge is 0.243 e. The Labute approximate surface area is 163 Å². The van der Waals surface area contributed by atoms with Crippen LogP contribution in [0.15, 0.2) is 53.4 Å². The summed E-state index contributed by atoms with van der Waals surface area (Å²) in [7, 11) is -1.89. The van der Waals surface area contributed by atoms with Crippen molar-refractivity contribution in [3.8, 4) is 5.75 Å². The molecule has 2 aromatic carbocycles. The summed E-state index contributed by atoms with van der Waals surface area (Å²) in [6.07, 6.45) is 0. The number of rotatable bonds is 5. The fraction of sp³-hybridized carbons (Fsp3) is 0.316. The SMILES string of the molecule is COc1ccc(S(=O)(=O)N2CC[NH+](Cc3nc4ccccc4s3)CC2)cc1. The number of hydrogen-bond donors (Lipinski definition) is 1. The summed E-state index contributed by atoms with van der Waals surface area (Å²) in [5.74, 6) is 0.652. The van der Waals surface area contributed by atoms with Gasteiger partial charge in [-0.15, -0.1) is 11.3 Å². The van der Waals surface area contributed by atoms with Crippen LogP contribution in [-0.2, 0) is 16.6 Å². The number of thiazole rings is 1. The Hall–Kier alpha value is -2.00. The first kappa shape index (κ1) is 18.4. The Morgan fingerprint density at radius 2 is 1.81 bits per heavy atom. The summed E-state index contributed by atoms with van der Waals surface area (Å²) in [5.41, 5.74) is 1.04. The number of ether oxygens (including phenoxy) is 1. The number of quaternary nitrogens is 1. The second-order valence-corrected chi connectivity index (χ2v) is 9.63. The van der Waals surface area contributed by atoms with E-state index < -0.39 is 10.0 Å². The van der Waals surface area contributed by atoms with E-state index in [-0.39, 0.29) is 0 Å². The zero-order valence-corrected chi connectivity index (χ0v) is 16.7. The molecule has 0 amide bonds. The first-order valence-electron chi connectivity index (χ1n) is 8.88. The first-order chi connectivity index (χ1) is 13.1. The fourth-order valence-corrected chi connectivity index (χ4v) is 5.81. The van der Waals surface area contributed by atoms with Gasteiger partial charge in [-0.2, -0.15) is 4.31 Å². The van der Waals surface area contributed by atoms with Crippen molar-refractivity contribution in [1.29, 1.82) is 0 Å². The van der Waals surface area contributed by atoms with Gasteiger partial charge < -0.3 is 9.64 Å². The summed E-state index contributed by atoms with van der Waals surface area (Å²) in [6, 6.07) is 14.7. The zero-order chi connectivity index (χ0) is 18.9. The van der Waals surface area contributed by atoms with Gasteiger partial charge in [-0.1, -0.05) is 12.1 Å². The van der Waals surface area contributed by atoms with Gasteiger partial charge in [-0.25, -0.2) is 13.4 Å². The van der Waals surface area contributed by atoms with Crippen LogP contribution in [0.5, 0.6) is 5.75 Å². The fourth-order valence-electron chi connectivity index (χ4n) is 3.33. The quantitative estimate of drug-likeness (QED) is 0.698. The number of para-hydroxylation sites is 1. The van der Waals surface area contributed by atoms with E-state index in [9.17, 15) is 8.42 Å². The summed E-state index contributed by atoms with van der Waals surface area (Å²) in [5, 5.41) is 1.11. The van der Waals surface area contributed by atoms with E-state index >= 15 is 0 Å². The number of methoxy groups -OCH3 is 1. The van der Waals surface area contributed by atoms with Crippen molar-refractivity contribution in [3.05, 3.63) is 53.5 Å². The second-order valence-electron chi connectivity index (χ2n) is 6.58. The Balaban J connectivity index is 1.40. The molecular weight excluding hydrogens is 382 g/mol. The molecular formula is C19H22N3O3S2+. The van der Waals surface area contributed by atoms with Crippen molar-refractivity contribution in [3.63, 3.8) is 0 Å². The topological polar surface area (TPSA) is 63.9 Å². The van der Waals surface area contributed by atoms with Crippen LogP contribution in [0.3, 0.4) is 0 Å². The Kier molecular flexibility index (Phi) is 5.14. The first-order valence-corrected chi connectivity index (χ1v) is 11.1. The van der Waals surface area contributed by atoms with Crippen LogP contribution in [0.2, 0.25) is 0 Å². The Morgan fingerprint density at radius 1 is 1.11 bits per heavy atom. The molecule has 0 radical (unpaired) electrons. The lowest BCUT2D eigenvalue weighted by Crippen LogP contribution is -3.13. The van der Waals surface area contributed by atoms with Gasteiger partial charge in [0.15, 0.2) is 0 Å². The molecule has 4 rings (SSSR count). The molecule has 142 valence electrons. The number of aromatic nitrogens is 1. The molecule has 0 spiro atoms. The molecule has 0 aliphatic carbocycles. The molecule has 1 saturated heterocycles. The lowest BCUT2D eigenvalue weighted by atomic mass is 10.3. The lowest BCUT2D eigenvalue weighted by molar-refractivity contribution is -0.917. The van der Waals surface area contributed by atoms with Gasteiger partial charge in [-0.3, -0.25) is 0 Å². The van der Waals surface area contributed by atoms with Crippen LogP contribution in [-0.4, -0.2) is 51.0 Å². The van der Waals surface area contributed by atoms with E-state index in [1.165, 1.54) is 9.60 Å². The van der Waals surface area contributed by atoms with Crippen LogP contribution < -0.4 is 9.64 Å². The maximum Gasteiger partial charge on any atom is 0.243 e. The van der Waals surface area contributed by atoms with Crippen LogP contribution >= 0.6 is 11.3 Å². The van der Waals surface area contributed by atoms with E-state index in [2.05, 4.69) is 6.07 Å². The lowest BCUT2D eigenvalue weighted by Gasteiger charge is -2.31. The molecule has 1 fully saturated rings.